The molecule has 2 heterocycles. The van der Waals surface area contributed by atoms with Gasteiger partial charge in [0.1, 0.15) is 5.75 Å². The van der Waals surface area contributed by atoms with Gasteiger partial charge in [-0.2, -0.15) is 8.78 Å². The molecule has 0 N–H and O–H groups in total. The fraction of sp³-hybridized carbons (Fsp3) is 0.423. The Morgan fingerprint density at radius 2 is 1.64 bits per heavy atom. The second-order valence-electron chi connectivity index (χ2n) is 9.24. The highest BCUT2D eigenvalue weighted by molar-refractivity contribution is 7.18. The van der Waals surface area contributed by atoms with Gasteiger partial charge in [-0.1, -0.05) is 12.1 Å². The molecule has 10 heteroatoms. The van der Waals surface area contributed by atoms with Gasteiger partial charge in [-0.3, -0.25) is 0 Å². The number of rotatable bonds is 6. The van der Waals surface area contributed by atoms with Crippen LogP contribution in [-0.4, -0.2) is 18.2 Å². The van der Waals surface area contributed by atoms with Crippen LogP contribution in [0.4, 0.5) is 22.0 Å². The predicted molar refractivity (Wildman–Crippen MR) is 124 cm³/mol. The number of hydrogen-bond acceptors (Lipinski definition) is 5. The topological polar surface area (TPSA) is 40.6 Å². The Bertz CT molecular complexity index is 1230. The first-order valence-electron chi connectivity index (χ1n) is 11.7. The molecule has 0 spiro atoms. The summed E-state index contributed by atoms with van der Waals surface area (Å²) >= 11 is 0.672. The van der Waals surface area contributed by atoms with Crippen LogP contribution in [0.5, 0.6) is 5.75 Å². The molecule has 1 saturated carbocycles. The van der Waals surface area contributed by atoms with Crippen LogP contribution in [0.1, 0.15) is 42.5 Å². The molecule has 4 nitrogen and oxygen atoms in total. The monoisotopic (exact) mass is 525 g/mol. The van der Waals surface area contributed by atoms with Crippen LogP contribution in [0.15, 0.2) is 43.0 Å². The number of nitrogens with zero attached hydrogens (tertiary/aromatic N) is 1. The molecule has 2 fully saturated rings. The Kier molecular flexibility index (Phi) is 7.02. The van der Waals surface area contributed by atoms with Crippen LogP contribution in [0.25, 0.3) is 10.2 Å². The van der Waals surface area contributed by atoms with E-state index in [-0.39, 0.29) is 0 Å². The lowest BCUT2D eigenvalue weighted by Crippen LogP contribution is -2.34. The van der Waals surface area contributed by atoms with Gasteiger partial charge < -0.3 is 14.2 Å². The Morgan fingerprint density at radius 3 is 2.28 bits per heavy atom. The van der Waals surface area contributed by atoms with Crippen molar-refractivity contribution in [1.29, 1.82) is 0 Å². The van der Waals surface area contributed by atoms with E-state index in [1.165, 1.54) is 0 Å². The third kappa shape index (κ3) is 5.12. The molecule has 0 unspecified atom stereocenters. The number of thiazole rings is 1. The fourth-order valence-corrected chi connectivity index (χ4v) is 5.76. The summed E-state index contributed by atoms with van der Waals surface area (Å²) in [6, 6.07) is 5.66. The van der Waals surface area contributed by atoms with E-state index >= 15 is 0 Å². The number of fused-ring (bicyclic) bond motifs is 1. The summed E-state index contributed by atoms with van der Waals surface area (Å²) in [6.45, 7) is 5.02. The molecule has 2 aliphatic rings. The van der Waals surface area contributed by atoms with Crippen molar-refractivity contribution in [3.8, 4) is 5.75 Å². The molecule has 1 saturated heterocycles. The van der Waals surface area contributed by atoms with E-state index in [1.54, 1.807) is 18.2 Å². The molecule has 1 aromatic heterocycles. The van der Waals surface area contributed by atoms with Crippen molar-refractivity contribution in [1.82, 2.24) is 4.98 Å². The fourth-order valence-electron chi connectivity index (χ4n) is 4.83. The molecule has 0 atom stereocenters. The average Bonchev–Trinajstić information content (AvgIpc) is 3.32. The third-order valence-electron chi connectivity index (χ3n) is 6.88. The Labute approximate surface area is 208 Å². The van der Waals surface area contributed by atoms with Gasteiger partial charge in [0, 0.05) is 23.6 Å². The highest BCUT2D eigenvalue weighted by Crippen LogP contribution is 2.40. The number of hydrogen-bond donors (Lipinski definition) is 0. The Balaban J connectivity index is 1.26. The maximum atomic E-state index is 14.7. The summed E-state index contributed by atoms with van der Waals surface area (Å²) in [6.07, 6.45) is 1.96. The molecular weight excluding hydrogens is 501 g/mol. The number of halogens is 5. The highest BCUT2D eigenvalue weighted by Gasteiger charge is 2.39. The van der Waals surface area contributed by atoms with Crippen molar-refractivity contribution in [3.63, 3.8) is 0 Å². The first-order chi connectivity index (χ1) is 17.2. The molecule has 2 aromatic carbocycles. The molecule has 1 aliphatic heterocycles. The number of aromatic nitrogens is 1. The van der Waals surface area contributed by atoms with E-state index in [4.69, 9.17) is 9.47 Å². The quantitative estimate of drug-likeness (QED) is 0.190. The Hall–Kier alpha value is -2.56. The lowest BCUT2D eigenvalue weighted by atomic mass is 9.76. The zero-order valence-electron chi connectivity index (χ0n) is 19.2. The van der Waals surface area contributed by atoms with Crippen LogP contribution in [-0.2, 0) is 15.6 Å². The predicted octanol–water partition coefficient (Wildman–Crippen LogP) is 7.50. The second-order valence-corrected chi connectivity index (χ2v) is 10.3. The molecule has 0 amide bonds. The number of allylic oxidation sites excluding steroid dienone is 1. The van der Waals surface area contributed by atoms with Gasteiger partial charge in [0.2, 0.25) is 5.01 Å². The lowest BCUT2D eigenvalue weighted by Gasteiger charge is -2.37. The van der Waals surface area contributed by atoms with E-state index in [0.29, 0.717) is 70.2 Å². The van der Waals surface area contributed by atoms with Gasteiger partial charge in [-0.05, 0) is 49.7 Å². The maximum absolute atomic E-state index is 14.7. The van der Waals surface area contributed by atoms with Gasteiger partial charge in [-0.25, -0.2) is 18.2 Å². The van der Waals surface area contributed by atoms with Gasteiger partial charge in [0.15, 0.2) is 23.7 Å². The third-order valence-corrected chi connectivity index (χ3v) is 7.95. The minimum Gasteiger partial charge on any atom is -0.427 e. The average molecular weight is 526 g/mol. The van der Waals surface area contributed by atoms with Crippen LogP contribution >= 0.6 is 11.3 Å². The van der Waals surface area contributed by atoms with Crippen molar-refractivity contribution >= 4 is 21.6 Å². The summed E-state index contributed by atoms with van der Waals surface area (Å²) in [4.78, 5) is 3.91. The molecule has 3 aromatic rings. The minimum atomic E-state index is -3.99. The first-order valence-corrected chi connectivity index (χ1v) is 12.5. The van der Waals surface area contributed by atoms with E-state index in [1.807, 2.05) is 6.08 Å². The van der Waals surface area contributed by atoms with Crippen LogP contribution < -0.4 is 4.74 Å². The zero-order chi connectivity index (χ0) is 25.4. The summed E-state index contributed by atoms with van der Waals surface area (Å²) in [7, 11) is 0. The normalized spacial score (nSPS) is 25.1. The summed E-state index contributed by atoms with van der Waals surface area (Å²) < 4.78 is 86.2. The van der Waals surface area contributed by atoms with Gasteiger partial charge in [0.05, 0.1) is 23.4 Å². The SMILES string of the molecule is C=CC1CCC(C2COC(c3ccc4nc(C(F)(F)Oc5cc(F)c(F)c(F)c5)sc4c3)OC2)CC1. The molecule has 0 bridgehead atoms. The van der Waals surface area contributed by atoms with Crippen molar-refractivity contribution in [2.24, 2.45) is 17.8 Å². The molecule has 1 aliphatic carbocycles. The molecular formula is C26H24F5NO3S. The van der Waals surface area contributed by atoms with Gasteiger partial charge in [-0.15, -0.1) is 17.9 Å². The summed E-state index contributed by atoms with van der Waals surface area (Å²) in [5, 5.41) is -0.708. The number of benzene rings is 2. The second kappa shape index (κ2) is 10.1. The van der Waals surface area contributed by atoms with Crippen molar-refractivity contribution in [2.75, 3.05) is 13.2 Å². The maximum Gasteiger partial charge on any atom is 0.454 e. The lowest BCUT2D eigenvalue weighted by molar-refractivity contribution is -0.214. The number of ether oxygens (including phenoxy) is 3. The number of alkyl halides is 2. The van der Waals surface area contributed by atoms with Gasteiger partial charge >= 0.3 is 6.11 Å². The van der Waals surface area contributed by atoms with E-state index < -0.39 is 40.6 Å². The summed E-state index contributed by atoms with van der Waals surface area (Å²) in [5.74, 6) is -4.42. The van der Waals surface area contributed by atoms with Crippen molar-refractivity contribution < 1.29 is 36.2 Å². The van der Waals surface area contributed by atoms with E-state index in [0.717, 1.165) is 25.7 Å². The zero-order valence-corrected chi connectivity index (χ0v) is 20.0. The largest absolute Gasteiger partial charge is 0.454 e. The highest BCUT2D eigenvalue weighted by atomic mass is 32.1. The molecule has 192 valence electrons. The van der Waals surface area contributed by atoms with Crippen molar-refractivity contribution in [3.05, 3.63) is 71.0 Å². The smallest absolute Gasteiger partial charge is 0.427 e. The van der Waals surface area contributed by atoms with E-state index in [2.05, 4.69) is 16.3 Å². The minimum absolute atomic E-state index is 0.297. The molecule has 36 heavy (non-hydrogen) atoms. The first kappa shape index (κ1) is 25.1. The van der Waals surface area contributed by atoms with Gasteiger partial charge in [0.25, 0.3) is 0 Å². The molecule has 5 rings (SSSR count). The summed E-state index contributed by atoms with van der Waals surface area (Å²) in [5.41, 5.74) is 0.976. The van der Waals surface area contributed by atoms with Crippen LogP contribution in [0.2, 0.25) is 0 Å². The van der Waals surface area contributed by atoms with Crippen LogP contribution in [0, 0.1) is 35.2 Å². The van der Waals surface area contributed by atoms with Crippen LogP contribution in [0.3, 0.4) is 0 Å². The van der Waals surface area contributed by atoms with E-state index in [9.17, 15) is 22.0 Å². The Morgan fingerprint density at radius 1 is 0.972 bits per heavy atom. The molecule has 0 radical (unpaired) electrons. The standard InChI is InChI=1S/C26H24F5NO3S/c1-2-14-3-5-15(6-4-14)17-12-33-24(34-13-17)16-7-8-21-22(9-16)36-25(32-21)26(30,31)35-18-10-19(27)23(29)20(28)11-18/h2,7-11,14-15,17,24H,1,3-6,12-13H2. The van der Waals surface area contributed by atoms with Crippen molar-refractivity contribution in [2.45, 2.75) is 38.1 Å².